The third-order valence-corrected chi connectivity index (χ3v) is 4.03. The van der Waals surface area contributed by atoms with Gasteiger partial charge >= 0.3 is 0 Å². The minimum atomic E-state index is -0.405. The van der Waals surface area contributed by atoms with Crippen molar-refractivity contribution in [3.8, 4) is 0 Å². The Morgan fingerprint density at radius 3 is 2.57 bits per heavy atom. The number of nitrogens with one attached hydrogen (secondary N) is 1. The summed E-state index contributed by atoms with van der Waals surface area (Å²) in [6, 6.07) is 12.1. The molecule has 21 heavy (non-hydrogen) atoms. The van der Waals surface area contributed by atoms with Gasteiger partial charge in [0.05, 0.1) is 15.4 Å². The van der Waals surface area contributed by atoms with Gasteiger partial charge in [0.15, 0.2) is 0 Å². The van der Waals surface area contributed by atoms with Crippen LogP contribution in [-0.2, 0) is 0 Å². The summed E-state index contributed by atoms with van der Waals surface area (Å²) in [5, 5.41) is 13.7. The summed E-state index contributed by atoms with van der Waals surface area (Å²) in [7, 11) is 1.55. The maximum atomic E-state index is 11.8. The highest BCUT2D eigenvalue weighted by molar-refractivity contribution is 7.99. The van der Waals surface area contributed by atoms with E-state index in [9.17, 15) is 14.9 Å². The zero-order valence-corrected chi connectivity index (χ0v) is 12.4. The van der Waals surface area contributed by atoms with Crippen LogP contribution in [0.3, 0.4) is 0 Å². The fourth-order valence-corrected chi connectivity index (χ4v) is 2.88. The third-order valence-electron chi connectivity index (χ3n) is 2.89. The Morgan fingerprint density at radius 1 is 1.19 bits per heavy atom. The van der Waals surface area contributed by atoms with Gasteiger partial charge in [0.2, 0.25) is 0 Å². The number of nitro groups is 1. The van der Waals surface area contributed by atoms with E-state index in [1.54, 1.807) is 44.3 Å². The lowest BCUT2D eigenvalue weighted by atomic mass is 10.2. The van der Waals surface area contributed by atoms with Crippen LogP contribution in [-0.4, -0.2) is 17.9 Å². The molecule has 0 radical (unpaired) electrons. The van der Waals surface area contributed by atoms with Gasteiger partial charge in [-0.1, -0.05) is 30.0 Å². The molecule has 0 saturated carbocycles. The summed E-state index contributed by atoms with van der Waals surface area (Å²) in [4.78, 5) is 23.8. The molecule has 0 aromatic heterocycles. The molecule has 0 aliphatic heterocycles. The molecule has 1 amide bonds. The van der Waals surface area contributed by atoms with E-state index in [-0.39, 0.29) is 11.6 Å². The van der Waals surface area contributed by atoms with E-state index in [1.807, 2.05) is 6.07 Å². The van der Waals surface area contributed by atoms with E-state index < -0.39 is 4.92 Å². The lowest BCUT2D eigenvalue weighted by molar-refractivity contribution is -0.387. The van der Waals surface area contributed by atoms with Crippen LogP contribution >= 0.6 is 11.8 Å². The first kappa shape index (κ1) is 15.1. The van der Waals surface area contributed by atoms with Crippen molar-refractivity contribution in [2.24, 2.45) is 0 Å². The van der Waals surface area contributed by atoms with E-state index in [1.165, 1.54) is 17.8 Å². The monoisotopic (exact) mass is 302 g/mol. The topological polar surface area (TPSA) is 72.2 Å². The summed E-state index contributed by atoms with van der Waals surface area (Å²) >= 11 is 1.22. The minimum Gasteiger partial charge on any atom is -0.355 e. The fraction of sp³-hybridized carbons (Fsp3) is 0.133. The highest BCUT2D eigenvalue weighted by Crippen LogP contribution is 2.36. The number of amides is 1. The van der Waals surface area contributed by atoms with E-state index in [2.05, 4.69) is 5.32 Å². The Kier molecular flexibility index (Phi) is 4.59. The van der Waals surface area contributed by atoms with Crippen molar-refractivity contribution in [2.45, 2.75) is 16.7 Å². The van der Waals surface area contributed by atoms with Crippen LogP contribution in [0, 0.1) is 17.0 Å². The molecule has 0 bridgehead atoms. The summed E-state index contributed by atoms with van der Waals surface area (Å²) in [5.74, 6) is -0.215. The zero-order chi connectivity index (χ0) is 15.4. The number of nitro benzene ring substituents is 1. The smallest absolute Gasteiger partial charge is 0.283 e. The molecule has 2 rings (SSSR count). The second-order valence-corrected chi connectivity index (χ2v) is 5.49. The Bertz CT molecular complexity index is 701. The molecule has 0 heterocycles. The molecule has 0 aliphatic rings. The van der Waals surface area contributed by atoms with Crippen molar-refractivity contribution in [3.63, 3.8) is 0 Å². The van der Waals surface area contributed by atoms with Gasteiger partial charge in [0.25, 0.3) is 11.6 Å². The molecular formula is C15H14N2O3S. The number of benzene rings is 2. The quantitative estimate of drug-likeness (QED) is 0.694. The molecule has 5 nitrogen and oxygen atoms in total. The second-order valence-electron chi connectivity index (χ2n) is 4.41. The van der Waals surface area contributed by atoms with Gasteiger partial charge in [-0.15, -0.1) is 0 Å². The number of rotatable bonds is 4. The van der Waals surface area contributed by atoms with Crippen LogP contribution in [0.4, 0.5) is 5.69 Å². The van der Waals surface area contributed by atoms with Crippen LogP contribution in [0.5, 0.6) is 0 Å². The summed E-state index contributed by atoms with van der Waals surface area (Å²) in [6.45, 7) is 1.81. The Balaban J connectivity index is 2.44. The number of nitrogens with zero attached hydrogens (tertiary/aromatic N) is 1. The Labute approximate surface area is 126 Å². The molecule has 2 aromatic rings. The van der Waals surface area contributed by atoms with Crippen molar-refractivity contribution in [1.29, 1.82) is 0 Å². The standard InChI is InChI=1S/C15H14N2O3S/c1-10-7-8-14(12(9-10)17(19)20)21-13-6-4-3-5-11(13)15(18)16-2/h3-9H,1-2H3,(H,16,18). The molecule has 0 saturated heterocycles. The van der Waals surface area contributed by atoms with Crippen molar-refractivity contribution in [1.82, 2.24) is 5.32 Å². The average molecular weight is 302 g/mol. The molecular weight excluding hydrogens is 288 g/mol. The van der Waals surface area contributed by atoms with Crippen LogP contribution in [0.1, 0.15) is 15.9 Å². The highest BCUT2D eigenvalue weighted by Gasteiger charge is 2.17. The first-order valence-electron chi connectivity index (χ1n) is 6.27. The van der Waals surface area contributed by atoms with Gasteiger partial charge in [-0.2, -0.15) is 0 Å². The van der Waals surface area contributed by atoms with Crippen molar-refractivity contribution in [2.75, 3.05) is 7.05 Å². The number of carbonyl (C=O) groups is 1. The summed E-state index contributed by atoms with van der Waals surface area (Å²) in [6.07, 6.45) is 0. The minimum absolute atomic E-state index is 0.0479. The van der Waals surface area contributed by atoms with Crippen LogP contribution in [0.2, 0.25) is 0 Å². The normalized spacial score (nSPS) is 10.2. The van der Waals surface area contributed by atoms with E-state index in [4.69, 9.17) is 0 Å². The van der Waals surface area contributed by atoms with E-state index in [0.717, 1.165) is 5.56 Å². The number of hydrogen-bond acceptors (Lipinski definition) is 4. The molecule has 0 unspecified atom stereocenters. The molecule has 6 heteroatoms. The Morgan fingerprint density at radius 2 is 1.90 bits per heavy atom. The first-order chi connectivity index (χ1) is 10.0. The van der Waals surface area contributed by atoms with Gasteiger partial charge in [0, 0.05) is 18.0 Å². The lowest BCUT2D eigenvalue weighted by Gasteiger charge is -2.08. The van der Waals surface area contributed by atoms with Crippen LogP contribution in [0.15, 0.2) is 52.3 Å². The van der Waals surface area contributed by atoms with Crippen molar-refractivity contribution < 1.29 is 9.72 Å². The van der Waals surface area contributed by atoms with Gasteiger partial charge in [-0.3, -0.25) is 14.9 Å². The van der Waals surface area contributed by atoms with Gasteiger partial charge in [0.1, 0.15) is 0 Å². The van der Waals surface area contributed by atoms with Crippen LogP contribution < -0.4 is 5.32 Å². The number of hydrogen-bond donors (Lipinski definition) is 1. The van der Waals surface area contributed by atoms with Gasteiger partial charge < -0.3 is 5.32 Å². The molecule has 0 fully saturated rings. The molecule has 2 aromatic carbocycles. The van der Waals surface area contributed by atoms with Crippen molar-refractivity contribution >= 4 is 23.4 Å². The molecule has 0 spiro atoms. The SMILES string of the molecule is CNC(=O)c1ccccc1Sc1ccc(C)cc1[N+](=O)[O-]. The van der Waals surface area contributed by atoms with Crippen LogP contribution in [0.25, 0.3) is 0 Å². The largest absolute Gasteiger partial charge is 0.355 e. The summed E-state index contributed by atoms with van der Waals surface area (Å²) in [5.41, 5.74) is 1.37. The summed E-state index contributed by atoms with van der Waals surface area (Å²) < 4.78 is 0. The maximum absolute atomic E-state index is 11.8. The highest BCUT2D eigenvalue weighted by atomic mass is 32.2. The Hall–Kier alpha value is -2.34. The van der Waals surface area contributed by atoms with E-state index >= 15 is 0 Å². The first-order valence-corrected chi connectivity index (χ1v) is 7.08. The molecule has 108 valence electrons. The van der Waals surface area contributed by atoms with Gasteiger partial charge in [-0.05, 0) is 30.7 Å². The zero-order valence-electron chi connectivity index (χ0n) is 11.6. The van der Waals surface area contributed by atoms with Crippen molar-refractivity contribution in [3.05, 3.63) is 63.7 Å². The predicted molar refractivity (Wildman–Crippen MR) is 81.8 cm³/mol. The fourth-order valence-electron chi connectivity index (χ4n) is 1.85. The predicted octanol–water partition coefficient (Wildman–Crippen LogP) is 3.41. The third kappa shape index (κ3) is 3.41. The molecule has 0 atom stereocenters. The molecule has 0 aliphatic carbocycles. The van der Waals surface area contributed by atoms with E-state index in [0.29, 0.717) is 15.4 Å². The second kappa shape index (κ2) is 6.41. The average Bonchev–Trinajstić information content (AvgIpc) is 2.48. The number of carbonyl (C=O) groups excluding carboxylic acids is 1. The maximum Gasteiger partial charge on any atom is 0.283 e. The molecule has 1 N–H and O–H groups in total. The lowest BCUT2D eigenvalue weighted by Crippen LogP contribution is -2.18. The van der Waals surface area contributed by atoms with Gasteiger partial charge in [-0.25, -0.2) is 0 Å². The number of aryl methyl sites for hydroxylation is 1.